The molecule has 0 saturated carbocycles. The number of nitro groups is 1. The van der Waals surface area contributed by atoms with Gasteiger partial charge in [0.2, 0.25) is 12.0 Å². The Labute approximate surface area is 173 Å². The molecule has 2 aliphatic rings. The summed E-state index contributed by atoms with van der Waals surface area (Å²) in [4.78, 5) is 43.0. The van der Waals surface area contributed by atoms with Crippen molar-refractivity contribution < 1.29 is 24.1 Å². The zero-order chi connectivity index (χ0) is 20.9. The number of aryl methyl sites for hydroxylation is 1. The van der Waals surface area contributed by atoms with Crippen molar-refractivity contribution in [1.82, 2.24) is 0 Å². The normalized spacial score (nSPS) is 20.4. The molecule has 2 heterocycles. The van der Waals surface area contributed by atoms with Gasteiger partial charge in [-0.2, -0.15) is 0 Å². The molecule has 0 aliphatic carbocycles. The van der Waals surface area contributed by atoms with E-state index in [2.05, 4.69) is 21.1 Å². The minimum absolute atomic E-state index is 0.0454. The van der Waals surface area contributed by atoms with Crippen LogP contribution in [-0.2, 0) is 14.4 Å². The van der Waals surface area contributed by atoms with Crippen molar-refractivity contribution in [3.05, 3.63) is 62.1 Å². The lowest BCUT2D eigenvalue weighted by atomic mass is 9.94. The number of methoxy groups -OCH3 is 1. The molecule has 2 atom stereocenters. The van der Waals surface area contributed by atoms with Gasteiger partial charge in [-0.25, -0.2) is 4.90 Å². The van der Waals surface area contributed by atoms with Gasteiger partial charge in [-0.05, 0) is 24.6 Å². The molecular weight excluding hydrogens is 446 g/mol. The monoisotopic (exact) mass is 459 g/mol. The van der Waals surface area contributed by atoms with Gasteiger partial charge in [0.25, 0.3) is 5.91 Å². The highest BCUT2D eigenvalue weighted by atomic mass is 79.9. The lowest BCUT2D eigenvalue weighted by Crippen LogP contribution is -2.33. The maximum Gasteiger partial charge on any atom is 0.311 e. The molecule has 0 spiro atoms. The van der Waals surface area contributed by atoms with Crippen LogP contribution < -0.4 is 9.64 Å². The summed E-state index contributed by atoms with van der Waals surface area (Å²) < 4.78 is 5.94. The van der Waals surface area contributed by atoms with Crippen molar-refractivity contribution in [2.75, 3.05) is 12.0 Å². The zero-order valence-electron chi connectivity index (χ0n) is 15.3. The van der Waals surface area contributed by atoms with E-state index >= 15 is 0 Å². The van der Waals surface area contributed by atoms with Crippen LogP contribution in [0.3, 0.4) is 0 Å². The second-order valence-corrected chi connectivity index (χ2v) is 7.48. The van der Waals surface area contributed by atoms with Crippen molar-refractivity contribution in [2.45, 2.75) is 13.0 Å². The van der Waals surface area contributed by atoms with Crippen molar-refractivity contribution in [1.29, 1.82) is 0 Å². The summed E-state index contributed by atoms with van der Waals surface area (Å²) in [6, 6.07) is 9.74. The Hall–Kier alpha value is -3.27. The van der Waals surface area contributed by atoms with Crippen LogP contribution in [0.4, 0.5) is 11.4 Å². The third-order valence-electron chi connectivity index (χ3n) is 4.89. The largest absolute Gasteiger partial charge is 0.490 e. The molecule has 10 heteroatoms. The molecule has 1 fully saturated rings. The van der Waals surface area contributed by atoms with Crippen molar-refractivity contribution >= 4 is 44.8 Å². The summed E-state index contributed by atoms with van der Waals surface area (Å²) in [5.74, 6) is -2.01. The fraction of sp³-hybridized carbons (Fsp3) is 0.211. The van der Waals surface area contributed by atoms with Gasteiger partial charge in [-0.15, -0.1) is 0 Å². The predicted molar refractivity (Wildman–Crippen MR) is 106 cm³/mol. The number of hydrogen-bond acceptors (Lipinski definition) is 7. The van der Waals surface area contributed by atoms with Gasteiger partial charge in [0.1, 0.15) is 11.6 Å². The van der Waals surface area contributed by atoms with Gasteiger partial charge < -0.3 is 9.57 Å². The van der Waals surface area contributed by atoms with Gasteiger partial charge in [-0.3, -0.25) is 19.7 Å². The second kappa shape index (κ2) is 6.96. The molecule has 2 amide bonds. The fourth-order valence-corrected chi connectivity index (χ4v) is 3.75. The molecule has 148 valence electrons. The first kappa shape index (κ1) is 19.1. The van der Waals surface area contributed by atoms with Gasteiger partial charge in [0.05, 0.1) is 17.7 Å². The lowest BCUT2D eigenvalue weighted by Gasteiger charge is -2.18. The quantitative estimate of drug-likeness (QED) is 0.394. The average molecular weight is 460 g/mol. The summed E-state index contributed by atoms with van der Waals surface area (Å²) >= 11 is 3.35. The molecule has 2 aromatic carbocycles. The van der Waals surface area contributed by atoms with E-state index in [1.807, 2.05) is 0 Å². The van der Waals surface area contributed by atoms with Crippen molar-refractivity contribution in [3.8, 4) is 5.75 Å². The number of hydrogen-bond donors (Lipinski definition) is 0. The number of oxime groups is 1. The van der Waals surface area contributed by atoms with Gasteiger partial charge >= 0.3 is 5.69 Å². The minimum atomic E-state index is -1.07. The summed E-state index contributed by atoms with van der Waals surface area (Å²) in [7, 11) is 1.28. The van der Waals surface area contributed by atoms with E-state index in [-0.39, 0.29) is 17.1 Å². The molecule has 0 radical (unpaired) electrons. The number of nitro benzene ring substituents is 1. The van der Waals surface area contributed by atoms with Crippen molar-refractivity contribution in [2.24, 2.45) is 11.1 Å². The Bertz CT molecular complexity index is 1080. The highest BCUT2D eigenvalue weighted by Crippen LogP contribution is 2.40. The number of anilines is 1. The molecule has 29 heavy (non-hydrogen) atoms. The molecule has 1 saturated heterocycles. The summed E-state index contributed by atoms with van der Waals surface area (Å²) in [6.07, 6.45) is -1.07. The molecule has 9 nitrogen and oxygen atoms in total. The van der Waals surface area contributed by atoms with Crippen LogP contribution in [0, 0.1) is 23.0 Å². The Morgan fingerprint density at radius 2 is 1.90 bits per heavy atom. The van der Waals surface area contributed by atoms with E-state index in [0.29, 0.717) is 16.8 Å². The number of fused-ring (bicyclic) bond motifs is 1. The van der Waals surface area contributed by atoms with Crippen LogP contribution in [-0.4, -0.2) is 35.7 Å². The van der Waals surface area contributed by atoms with E-state index in [9.17, 15) is 19.7 Å². The number of nitrogens with zero attached hydrogens (tertiary/aromatic N) is 3. The fourth-order valence-electron chi connectivity index (χ4n) is 3.48. The summed E-state index contributed by atoms with van der Waals surface area (Å²) in [5.41, 5.74) is 1.40. The third kappa shape index (κ3) is 2.96. The van der Waals surface area contributed by atoms with E-state index in [4.69, 9.17) is 9.57 Å². The molecule has 0 bridgehead atoms. The van der Waals surface area contributed by atoms with Crippen LogP contribution in [0.15, 0.2) is 46.0 Å². The van der Waals surface area contributed by atoms with Gasteiger partial charge in [0, 0.05) is 22.2 Å². The van der Waals surface area contributed by atoms with E-state index in [0.717, 1.165) is 9.37 Å². The number of carbonyl (C=O) groups is 2. The number of halogens is 1. The number of amides is 2. The minimum Gasteiger partial charge on any atom is -0.490 e. The molecular formula is C19H14BrN3O6. The first-order valence-electron chi connectivity index (χ1n) is 8.54. The number of carbonyl (C=O) groups excluding carboxylic acids is 2. The predicted octanol–water partition coefficient (Wildman–Crippen LogP) is 2.97. The van der Waals surface area contributed by atoms with Crippen LogP contribution in [0.2, 0.25) is 0 Å². The number of imide groups is 1. The number of benzene rings is 2. The molecule has 0 aromatic heterocycles. The third-order valence-corrected chi connectivity index (χ3v) is 5.42. The van der Waals surface area contributed by atoms with Crippen LogP contribution in [0.5, 0.6) is 5.75 Å². The molecule has 2 aliphatic heterocycles. The smallest absolute Gasteiger partial charge is 0.311 e. The molecule has 0 unspecified atom stereocenters. The van der Waals surface area contributed by atoms with Crippen LogP contribution in [0.1, 0.15) is 11.1 Å². The number of ether oxygens (including phenoxy) is 1. The number of rotatable bonds is 4. The van der Waals surface area contributed by atoms with E-state index in [1.54, 1.807) is 31.2 Å². The first-order valence-corrected chi connectivity index (χ1v) is 9.33. The average Bonchev–Trinajstić information content (AvgIpc) is 3.23. The molecule has 2 aromatic rings. The Morgan fingerprint density at radius 3 is 2.52 bits per heavy atom. The Morgan fingerprint density at radius 1 is 1.21 bits per heavy atom. The standard InChI is InChI=1S/C19H14BrN3O6/c1-9-7-13(23(26)27)14(28-2)8-12(9)22-18(24)15-16(21-29-17(15)19(22)25)10-3-5-11(20)6-4-10/h3-8,15,17H,1-2H3/t15-,17-/m0/s1. The maximum absolute atomic E-state index is 13.2. The highest BCUT2D eigenvalue weighted by Gasteiger charge is 2.56. The van der Waals surface area contributed by atoms with E-state index in [1.165, 1.54) is 19.2 Å². The maximum atomic E-state index is 13.2. The van der Waals surface area contributed by atoms with Crippen LogP contribution >= 0.6 is 15.9 Å². The molecule has 0 N–H and O–H groups in total. The van der Waals surface area contributed by atoms with Gasteiger partial charge in [0.15, 0.2) is 5.75 Å². The van der Waals surface area contributed by atoms with Crippen molar-refractivity contribution in [3.63, 3.8) is 0 Å². The lowest BCUT2D eigenvalue weighted by molar-refractivity contribution is -0.385. The summed E-state index contributed by atoms with van der Waals surface area (Å²) in [6.45, 7) is 1.58. The Kier molecular flexibility index (Phi) is 4.58. The SMILES string of the molecule is COc1cc(N2C(=O)[C@H]3C(c4ccc(Br)cc4)=NO[C@@H]3C2=O)c(C)cc1[N+](=O)[O-]. The topological polar surface area (TPSA) is 111 Å². The Balaban J connectivity index is 1.74. The highest BCUT2D eigenvalue weighted by molar-refractivity contribution is 9.10. The zero-order valence-corrected chi connectivity index (χ0v) is 16.9. The first-order chi connectivity index (χ1) is 13.8. The van der Waals surface area contributed by atoms with Crippen LogP contribution in [0.25, 0.3) is 0 Å². The second-order valence-electron chi connectivity index (χ2n) is 6.57. The van der Waals surface area contributed by atoms with E-state index < -0.39 is 28.8 Å². The summed E-state index contributed by atoms with van der Waals surface area (Å²) in [5, 5.41) is 15.2. The van der Waals surface area contributed by atoms with Gasteiger partial charge in [-0.1, -0.05) is 33.2 Å². The molecule has 4 rings (SSSR count).